The molecule has 0 spiro atoms. The van der Waals surface area contributed by atoms with Crippen molar-refractivity contribution in [1.82, 2.24) is 15.1 Å². The quantitative estimate of drug-likeness (QED) is 0.580. The summed E-state index contributed by atoms with van der Waals surface area (Å²) in [6.45, 7) is 3.56. The van der Waals surface area contributed by atoms with Gasteiger partial charge in [0.05, 0.1) is 7.11 Å². The normalized spacial score (nSPS) is 14.5. The summed E-state index contributed by atoms with van der Waals surface area (Å²) in [6.07, 6.45) is 0. The number of hydrogen-bond acceptors (Lipinski definition) is 5. The van der Waals surface area contributed by atoms with Gasteiger partial charge in [0.2, 0.25) is 5.91 Å². The van der Waals surface area contributed by atoms with Crippen LogP contribution in [0.3, 0.4) is 0 Å². The van der Waals surface area contributed by atoms with E-state index in [9.17, 15) is 19.2 Å². The fourth-order valence-corrected chi connectivity index (χ4v) is 2.36. The van der Waals surface area contributed by atoms with E-state index in [0.29, 0.717) is 10.6 Å². The summed E-state index contributed by atoms with van der Waals surface area (Å²) < 4.78 is 5.05. The van der Waals surface area contributed by atoms with E-state index in [4.69, 9.17) is 4.74 Å². The fourth-order valence-electron chi connectivity index (χ4n) is 2.36. The van der Waals surface area contributed by atoms with Crippen LogP contribution in [-0.2, 0) is 20.9 Å². The molecule has 1 aliphatic heterocycles. The van der Waals surface area contributed by atoms with Crippen molar-refractivity contribution in [3.63, 3.8) is 0 Å². The molecule has 1 heterocycles. The Labute approximate surface area is 145 Å². The molecule has 1 saturated heterocycles. The maximum atomic E-state index is 12.2. The molecule has 8 heteroatoms. The van der Waals surface area contributed by atoms with E-state index in [2.05, 4.69) is 5.32 Å². The third kappa shape index (κ3) is 4.34. The van der Waals surface area contributed by atoms with Gasteiger partial charge < -0.3 is 10.1 Å². The first kappa shape index (κ1) is 18.4. The number of benzene rings is 1. The summed E-state index contributed by atoms with van der Waals surface area (Å²) in [5.41, 5.74) is 0.839. The molecule has 0 aromatic heterocycles. The minimum Gasteiger partial charge on any atom is -0.497 e. The van der Waals surface area contributed by atoms with Crippen molar-refractivity contribution in [3.8, 4) is 5.75 Å². The van der Waals surface area contributed by atoms with Gasteiger partial charge in [-0.2, -0.15) is 0 Å². The molecule has 1 aromatic rings. The fraction of sp³-hybridized carbons (Fsp3) is 0.412. The Morgan fingerprint density at radius 2 is 1.68 bits per heavy atom. The molecule has 5 amide bonds. The number of nitrogens with zero attached hydrogens (tertiary/aromatic N) is 2. The standard InChI is InChI=1S/C17H21N3O5/c1-11(2)9-19-15(22)16(23)20(17(19)24)10-14(21)18-8-12-4-6-13(25-3)7-5-12/h4-7,11H,8-10H2,1-3H3,(H,18,21). The summed E-state index contributed by atoms with van der Waals surface area (Å²) in [4.78, 5) is 49.5. The monoisotopic (exact) mass is 347 g/mol. The van der Waals surface area contributed by atoms with Crippen molar-refractivity contribution in [3.05, 3.63) is 29.8 Å². The van der Waals surface area contributed by atoms with Crippen LogP contribution in [0.2, 0.25) is 0 Å². The molecule has 0 saturated carbocycles. The van der Waals surface area contributed by atoms with Gasteiger partial charge in [-0.05, 0) is 23.6 Å². The third-order valence-corrected chi connectivity index (χ3v) is 3.63. The van der Waals surface area contributed by atoms with Gasteiger partial charge in [-0.1, -0.05) is 26.0 Å². The molecular formula is C17H21N3O5. The summed E-state index contributed by atoms with van der Waals surface area (Å²) in [7, 11) is 1.56. The lowest BCUT2D eigenvalue weighted by Gasteiger charge is -2.16. The second-order valence-corrected chi connectivity index (χ2v) is 6.11. The molecular weight excluding hydrogens is 326 g/mol. The van der Waals surface area contributed by atoms with Gasteiger partial charge >= 0.3 is 17.8 Å². The van der Waals surface area contributed by atoms with Crippen LogP contribution >= 0.6 is 0 Å². The number of urea groups is 1. The number of hydrogen-bond donors (Lipinski definition) is 1. The predicted octanol–water partition coefficient (Wildman–Crippen LogP) is 0.758. The highest BCUT2D eigenvalue weighted by Gasteiger charge is 2.45. The van der Waals surface area contributed by atoms with E-state index in [1.807, 2.05) is 13.8 Å². The average molecular weight is 347 g/mol. The van der Waals surface area contributed by atoms with Crippen LogP contribution in [0.5, 0.6) is 5.75 Å². The third-order valence-electron chi connectivity index (χ3n) is 3.63. The number of rotatable bonds is 7. The highest BCUT2D eigenvalue weighted by molar-refractivity contribution is 6.45. The molecule has 1 fully saturated rings. The summed E-state index contributed by atoms with van der Waals surface area (Å²) >= 11 is 0. The molecule has 1 aliphatic rings. The van der Waals surface area contributed by atoms with E-state index >= 15 is 0 Å². The van der Waals surface area contributed by atoms with Gasteiger partial charge in [-0.15, -0.1) is 0 Å². The van der Waals surface area contributed by atoms with Crippen LogP contribution in [0.15, 0.2) is 24.3 Å². The first-order valence-electron chi connectivity index (χ1n) is 7.90. The smallest absolute Gasteiger partial charge is 0.334 e. The van der Waals surface area contributed by atoms with Crippen molar-refractivity contribution in [1.29, 1.82) is 0 Å². The van der Waals surface area contributed by atoms with E-state index in [1.165, 1.54) is 0 Å². The van der Waals surface area contributed by atoms with E-state index in [1.54, 1.807) is 31.4 Å². The number of amides is 5. The molecule has 0 aliphatic carbocycles. The lowest BCUT2D eigenvalue weighted by atomic mass is 10.2. The van der Waals surface area contributed by atoms with Crippen molar-refractivity contribution in [2.45, 2.75) is 20.4 Å². The maximum absolute atomic E-state index is 12.2. The first-order chi connectivity index (χ1) is 11.8. The van der Waals surface area contributed by atoms with Gasteiger partial charge in [-0.25, -0.2) is 9.69 Å². The van der Waals surface area contributed by atoms with Crippen LogP contribution < -0.4 is 10.1 Å². The zero-order valence-electron chi connectivity index (χ0n) is 14.4. The van der Waals surface area contributed by atoms with Crippen LogP contribution in [0.1, 0.15) is 19.4 Å². The van der Waals surface area contributed by atoms with Gasteiger partial charge in [0.25, 0.3) is 0 Å². The van der Waals surface area contributed by atoms with E-state index in [0.717, 1.165) is 10.5 Å². The second-order valence-electron chi connectivity index (χ2n) is 6.11. The van der Waals surface area contributed by atoms with Crippen molar-refractivity contribution < 1.29 is 23.9 Å². The number of methoxy groups -OCH3 is 1. The van der Waals surface area contributed by atoms with Gasteiger partial charge in [0.15, 0.2) is 0 Å². The molecule has 0 atom stereocenters. The topological polar surface area (TPSA) is 96.0 Å². The summed E-state index contributed by atoms with van der Waals surface area (Å²) in [6, 6.07) is 6.36. The van der Waals surface area contributed by atoms with Crippen LogP contribution in [0.25, 0.3) is 0 Å². The SMILES string of the molecule is COc1ccc(CNC(=O)CN2C(=O)C(=O)N(CC(C)C)C2=O)cc1. The molecule has 0 radical (unpaired) electrons. The molecule has 25 heavy (non-hydrogen) atoms. The minimum absolute atomic E-state index is 0.0320. The van der Waals surface area contributed by atoms with Crippen LogP contribution in [0.4, 0.5) is 4.79 Å². The molecule has 2 rings (SSSR count). The lowest BCUT2D eigenvalue weighted by molar-refractivity contribution is -0.144. The molecule has 1 aromatic carbocycles. The first-order valence-corrected chi connectivity index (χ1v) is 7.90. The van der Waals surface area contributed by atoms with Crippen molar-refractivity contribution in [2.24, 2.45) is 5.92 Å². The Hall–Kier alpha value is -2.90. The van der Waals surface area contributed by atoms with E-state index < -0.39 is 30.3 Å². The number of carbonyl (C=O) groups is 4. The zero-order chi connectivity index (χ0) is 18.6. The minimum atomic E-state index is -0.967. The largest absolute Gasteiger partial charge is 0.497 e. The maximum Gasteiger partial charge on any atom is 0.334 e. The molecule has 1 N–H and O–H groups in total. The Balaban J connectivity index is 1.92. The summed E-state index contributed by atoms with van der Waals surface area (Å²) in [5.74, 6) is -1.64. The number of imide groups is 2. The number of carbonyl (C=O) groups excluding carboxylic acids is 4. The Bertz CT molecular complexity index is 684. The molecule has 0 bridgehead atoms. The van der Waals surface area contributed by atoms with Gasteiger partial charge in [0.1, 0.15) is 12.3 Å². The highest BCUT2D eigenvalue weighted by atomic mass is 16.5. The summed E-state index contributed by atoms with van der Waals surface area (Å²) in [5, 5.41) is 2.62. The van der Waals surface area contributed by atoms with E-state index in [-0.39, 0.29) is 19.0 Å². The highest BCUT2D eigenvalue weighted by Crippen LogP contribution is 2.14. The van der Waals surface area contributed by atoms with Crippen molar-refractivity contribution in [2.75, 3.05) is 20.2 Å². The van der Waals surface area contributed by atoms with Crippen LogP contribution in [0, 0.1) is 5.92 Å². The van der Waals surface area contributed by atoms with Crippen LogP contribution in [-0.4, -0.2) is 53.8 Å². The van der Waals surface area contributed by atoms with Gasteiger partial charge in [0, 0.05) is 13.1 Å². The molecule has 8 nitrogen and oxygen atoms in total. The average Bonchev–Trinajstić information content (AvgIpc) is 2.78. The Kier molecular flexibility index (Phi) is 5.74. The Morgan fingerprint density at radius 3 is 2.24 bits per heavy atom. The Morgan fingerprint density at radius 1 is 1.08 bits per heavy atom. The van der Waals surface area contributed by atoms with Crippen molar-refractivity contribution >= 4 is 23.8 Å². The predicted molar refractivity (Wildman–Crippen MR) is 88.5 cm³/mol. The second kappa shape index (κ2) is 7.78. The van der Waals surface area contributed by atoms with Gasteiger partial charge in [-0.3, -0.25) is 19.3 Å². The zero-order valence-corrected chi connectivity index (χ0v) is 14.4. The number of nitrogens with one attached hydrogen (secondary N) is 1. The molecule has 134 valence electrons. The number of ether oxygens (including phenoxy) is 1. The lowest BCUT2D eigenvalue weighted by Crippen LogP contribution is -2.41. The molecule has 0 unspecified atom stereocenters.